The summed E-state index contributed by atoms with van der Waals surface area (Å²) in [6, 6.07) is 0. The molecule has 0 amide bonds. The first-order valence-electron chi connectivity index (χ1n) is 7.60. The molecule has 2 heteroatoms. The van der Waals surface area contributed by atoms with Gasteiger partial charge in [-0.25, -0.2) is 0 Å². The quantitative estimate of drug-likeness (QED) is 0.742. The average Bonchev–Trinajstić information content (AvgIpc) is 2.74. The van der Waals surface area contributed by atoms with E-state index in [-0.39, 0.29) is 0 Å². The van der Waals surface area contributed by atoms with E-state index in [1.165, 1.54) is 37.9 Å². The largest absolute Gasteiger partial charge is 0.274 e. The monoisotopic (exact) mass is 267 g/mol. The van der Waals surface area contributed by atoms with Gasteiger partial charge in [0.2, 0.25) is 0 Å². The lowest BCUT2D eigenvalue weighted by molar-refractivity contribution is 0.409. The smallest absolute Gasteiger partial charge is 0.00210 e. The summed E-state index contributed by atoms with van der Waals surface area (Å²) in [6.07, 6.45) is 9.59. The maximum Gasteiger partial charge on any atom is 0.00210 e. The van der Waals surface area contributed by atoms with E-state index >= 15 is 0 Å². The molecule has 1 nitrogen and oxygen atoms in total. The third kappa shape index (κ3) is 3.42. The van der Waals surface area contributed by atoms with Crippen LogP contribution in [-0.4, -0.2) is 12.3 Å². The van der Waals surface area contributed by atoms with Gasteiger partial charge in [0.05, 0.1) is 0 Å². The van der Waals surface area contributed by atoms with Gasteiger partial charge in [-0.3, -0.25) is 4.72 Å². The van der Waals surface area contributed by atoms with Crippen molar-refractivity contribution in [1.29, 1.82) is 0 Å². The molecule has 2 rings (SSSR count). The Hall–Kier alpha value is -0.210. The van der Waals surface area contributed by atoms with E-state index < -0.39 is 10.2 Å². The van der Waals surface area contributed by atoms with Gasteiger partial charge in [-0.15, -0.1) is 10.2 Å². The van der Waals surface area contributed by atoms with Gasteiger partial charge in [0.15, 0.2) is 0 Å². The summed E-state index contributed by atoms with van der Waals surface area (Å²) in [7, 11) is -0.802. The summed E-state index contributed by atoms with van der Waals surface area (Å²) in [4.78, 5) is 0. The molecule has 1 fully saturated rings. The van der Waals surface area contributed by atoms with Crippen molar-refractivity contribution < 1.29 is 0 Å². The van der Waals surface area contributed by atoms with E-state index in [1.54, 1.807) is 5.57 Å². The average molecular weight is 267 g/mol. The molecule has 1 N–H and O–H groups in total. The summed E-state index contributed by atoms with van der Waals surface area (Å²) in [5, 5.41) is 5.12. The van der Waals surface area contributed by atoms with Gasteiger partial charge in [0.25, 0.3) is 0 Å². The summed E-state index contributed by atoms with van der Waals surface area (Å²) < 4.78 is 3.78. The fourth-order valence-electron chi connectivity index (χ4n) is 3.26. The van der Waals surface area contributed by atoms with Crippen LogP contribution in [0.2, 0.25) is 0 Å². The molecule has 1 aliphatic carbocycles. The Kier molecular flexibility index (Phi) is 4.97. The van der Waals surface area contributed by atoms with Crippen molar-refractivity contribution in [2.24, 2.45) is 11.8 Å². The van der Waals surface area contributed by atoms with Crippen LogP contribution in [0.25, 0.3) is 0 Å². The Morgan fingerprint density at radius 3 is 2.61 bits per heavy atom. The van der Waals surface area contributed by atoms with Crippen LogP contribution in [-0.2, 0) is 0 Å². The topological polar surface area (TPSA) is 12.0 Å². The number of rotatable bonds is 5. The van der Waals surface area contributed by atoms with E-state index in [4.69, 9.17) is 0 Å². The van der Waals surface area contributed by atoms with Crippen molar-refractivity contribution in [2.45, 2.75) is 52.9 Å². The zero-order valence-corrected chi connectivity index (χ0v) is 13.1. The molecule has 18 heavy (non-hydrogen) atoms. The molecule has 0 bridgehead atoms. The van der Waals surface area contributed by atoms with E-state index in [0.717, 1.165) is 18.4 Å². The van der Waals surface area contributed by atoms with Crippen LogP contribution in [0.15, 0.2) is 22.5 Å². The van der Waals surface area contributed by atoms with Crippen LogP contribution >= 0.6 is 10.2 Å². The van der Waals surface area contributed by atoms with Gasteiger partial charge in [-0.2, -0.15) is 0 Å². The second kappa shape index (κ2) is 6.29. The first kappa shape index (κ1) is 14.2. The number of hydrogen-bond donors (Lipinski definition) is 1. The highest BCUT2D eigenvalue weighted by Crippen LogP contribution is 2.55. The van der Waals surface area contributed by atoms with Crippen molar-refractivity contribution in [3.63, 3.8) is 0 Å². The molecule has 104 valence electrons. The summed E-state index contributed by atoms with van der Waals surface area (Å²) >= 11 is 0. The van der Waals surface area contributed by atoms with Crippen molar-refractivity contribution in [3.05, 3.63) is 22.5 Å². The molecule has 2 aliphatic rings. The minimum atomic E-state index is -0.802. The van der Waals surface area contributed by atoms with E-state index in [0.29, 0.717) is 0 Å². The maximum atomic E-state index is 3.78. The summed E-state index contributed by atoms with van der Waals surface area (Å²) in [5.41, 5.74) is 1.64. The fraction of sp³-hybridized carbons (Fsp3) is 0.750. The fourth-order valence-corrected chi connectivity index (χ4v) is 6.64. The van der Waals surface area contributed by atoms with Gasteiger partial charge in [-0.1, -0.05) is 46.1 Å². The lowest BCUT2D eigenvalue weighted by Crippen LogP contribution is -2.21. The van der Waals surface area contributed by atoms with Gasteiger partial charge in [0, 0.05) is 6.54 Å². The Bertz CT molecular complexity index is 326. The van der Waals surface area contributed by atoms with Crippen molar-refractivity contribution in [1.82, 2.24) is 4.72 Å². The summed E-state index contributed by atoms with van der Waals surface area (Å²) in [5.74, 6) is 2.92. The van der Waals surface area contributed by atoms with Crippen LogP contribution in [0.5, 0.6) is 0 Å². The molecule has 1 aliphatic heterocycles. The number of hydrogen-bond acceptors (Lipinski definition) is 1. The molecule has 1 saturated carbocycles. The predicted octanol–water partition coefficient (Wildman–Crippen LogP) is 4.96. The second-order valence-electron chi connectivity index (χ2n) is 6.16. The van der Waals surface area contributed by atoms with Gasteiger partial charge >= 0.3 is 0 Å². The first-order valence-corrected chi connectivity index (χ1v) is 9.53. The van der Waals surface area contributed by atoms with Crippen LogP contribution in [0.4, 0.5) is 0 Å². The SMILES string of the molecule is CCNS1(CC(C)C)C=CC(C2CCCCC2)=C1. The standard InChI is InChI=1S/C16H29NS/c1-4-17-18(12-14(2)3)11-10-16(13-18)15-8-6-5-7-9-15/h10-11,13-15,17H,4-9,12H2,1-3H3. The lowest BCUT2D eigenvalue weighted by atomic mass is 9.84. The minimum absolute atomic E-state index is 0.769. The highest BCUT2D eigenvalue weighted by molar-refractivity contribution is 8.37. The Balaban J connectivity index is 2.09. The van der Waals surface area contributed by atoms with Gasteiger partial charge in [0.1, 0.15) is 0 Å². The molecule has 1 unspecified atom stereocenters. The van der Waals surface area contributed by atoms with Gasteiger partial charge < -0.3 is 0 Å². The highest BCUT2D eigenvalue weighted by Gasteiger charge is 2.27. The van der Waals surface area contributed by atoms with Crippen molar-refractivity contribution >= 4 is 10.2 Å². The molecule has 0 saturated heterocycles. The van der Waals surface area contributed by atoms with Crippen LogP contribution < -0.4 is 4.72 Å². The van der Waals surface area contributed by atoms with Crippen molar-refractivity contribution in [3.8, 4) is 0 Å². The Morgan fingerprint density at radius 2 is 2.00 bits per heavy atom. The van der Waals surface area contributed by atoms with Crippen LogP contribution in [0, 0.1) is 11.8 Å². The zero-order valence-electron chi connectivity index (χ0n) is 12.2. The molecule has 0 aromatic carbocycles. The van der Waals surface area contributed by atoms with Crippen LogP contribution in [0.3, 0.4) is 0 Å². The molecule has 0 aromatic heterocycles. The van der Waals surface area contributed by atoms with Crippen molar-refractivity contribution in [2.75, 3.05) is 12.3 Å². The van der Waals surface area contributed by atoms with Crippen LogP contribution in [0.1, 0.15) is 52.9 Å². The minimum Gasteiger partial charge on any atom is -0.274 e. The predicted molar refractivity (Wildman–Crippen MR) is 84.8 cm³/mol. The van der Waals surface area contributed by atoms with E-state index in [1.807, 2.05) is 0 Å². The van der Waals surface area contributed by atoms with Gasteiger partial charge in [-0.05, 0) is 46.8 Å². The maximum absolute atomic E-state index is 3.78. The third-order valence-corrected chi connectivity index (χ3v) is 7.31. The molecule has 0 spiro atoms. The third-order valence-electron chi connectivity index (χ3n) is 3.95. The molecule has 1 atom stereocenters. The highest BCUT2D eigenvalue weighted by atomic mass is 32.3. The first-order chi connectivity index (χ1) is 8.65. The second-order valence-corrected chi connectivity index (χ2v) is 8.99. The number of allylic oxidation sites excluding steroid dienone is 2. The summed E-state index contributed by atoms with van der Waals surface area (Å²) in [6.45, 7) is 7.99. The zero-order chi connectivity index (χ0) is 13.0. The molecule has 1 heterocycles. The Labute approximate surface area is 115 Å². The Morgan fingerprint density at radius 1 is 1.28 bits per heavy atom. The van der Waals surface area contributed by atoms with E-state index in [9.17, 15) is 0 Å². The van der Waals surface area contributed by atoms with E-state index in [2.05, 4.69) is 42.4 Å². The molecule has 0 aromatic rings. The lowest BCUT2D eigenvalue weighted by Gasteiger charge is -2.34. The molecule has 0 radical (unpaired) electrons. The number of nitrogens with one attached hydrogen (secondary N) is 1. The normalized spacial score (nSPS) is 32.6. The molecular formula is C16H29NS. The molecular weight excluding hydrogens is 238 g/mol.